The summed E-state index contributed by atoms with van der Waals surface area (Å²) in [6.45, 7) is 5.35. The number of nitrogens with two attached hydrogens (primary N) is 1. The number of esters is 1. The third kappa shape index (κ3) is 12.3. The average molecular weight is 718 g/mol. The summed E-state index contributed by atoms with van der Waals surface area (Å²) in [6.07, 6.45) is 13.5. The number of hydrogen-bond acceptors (Lipinski definition) is 12. The molecule has 4 N–H and O–H groups in total. The Kier molecular flexibility index (Phi) is 15.9. The number of nitrogens with zero attached hydrogens (tertiary/aromatic N) is 4. The van der Waals surface area contributed by atoms with E-state index in [0.29, 0.717) is 17.6 Å². The van der Waals surface area contributed by atoms with Crippen LogP contribution in [0.2, 0.25) is 0 Å². The number of nitrogen functional groups attached to an aromatic ring is 1. The molecule has 0 radical (unpaired) electrons. The van der Waals surface area contributed by atoms with E-state index in [9.17, 15) is 14.2 Å². The molecule has 1 fully saturated rings. The highest BCUT2D eigenvalue weighted by Gasteiger charge is 2.36. The molecule has 0 spiro atoms. The minimum Gasteiger partial charge on any atom is -0.465 e. The van der Waals surface area contributed by atoms with E-state index in [1.54, 1.807) is 41.8 Å². The zero-order chi connectivity index (χ0) is 35.8. The molecule has 1 aliphatic rings. The zero-order valence-corrected chi connectivity index (χ0v) is 30.3. The summed E-state index contributed by atoms with van der Waals surface area (Å²) < 4.78 is 43.5. The van der Waals surface area contributed by atoms with Gasteiger partial charge in [0.25, 0.3) is 0 Å². The number of unbranched alkanes of at least 4 members (excludes halogenated alkanes) is 10. The van der Waals surface area contributed by atoms with E-state index in [-0.39, 0.29) is 43.2 Å². The van der Waals surface area contributed by atoms with Crippen LogP contribution in [0.5, 0.6) is 5.75 Å². The minimum atomic E-state index is -4.10. The monoisotopic (exact) mass is 717 g/mol. The number of para-hydroxylation sites is 1. The molecular formula is C34H52N7O8P. The molecule has 2 aromatic heterocycles. The standard InChI is InChI=1S/C34H52N7O8P/c1-4-6-7-8-9-10-11-12-13-14-18-21-27(42)37-31-30-32(39-34(35)38-31)41(24-36-30)28-22-46-29(48-28)23-47-50(44,40-25(3)33(43)45-5-2)49-26-19-16-15-17-20-26/h15-17,19-20,24-25,28-29H,4-14,18,21-23H2,1-3H3,(H,40,44)(H3,35,37,38,39,42)/t25-,28+,29+,50?/m0/s1. The van der Waals surface area contributed by atoms with Crippen molar-refractivity contribution in [2.45, 2.75) is 116 Å². The Morgan fingerprint density at radius 1 is 1.02 bits per heavy atom. The van der Waals surface area contributed by atoms with E-state index < -0.39 is 32.3 Å². The van der Waals surface area contributed by atoms with Gasteiger partial charge in [-0.05, 0) is 32.4 Å². The molecule has 1 aliphatic heterocycles. The Morgan fingerprint density at radius 2 is 1.70 bits per heavy atom. The van der Waals surface area contributed by atoms with E-state index in [1.165, 1.54) is 64.6 Å². The summed E-state index contributed by atoms with van der Waals surface area (Å²) in [6, 6.07) is 7.44. The van der Waals surface area contributed by atoms with Crippen LogP contribution in [0.3, 0.4) is 0 Å². The van der Waals surface area contributed by atoms with E-state index in [2.05, 4.69) is 32.3 Å². The number of aromatic nitrogens is 4. The Bertz CT molecular complexity index is 1540. The molecule has 4 rings (SSSR count). The zero-order valence-electron chi connectivity index (χ0n) is 29.4. The molecule has 1 saturated heterocycles. The lowest BCUT2D eigenvalue weighted by Crippen LogP contribution is -2.35. The fourth-order valence-electron chi connectivity index (χ4n) is 5.48. The highest BCUT2D eigenvalue weighted by atomic mass is 31.2. The molecule has 4 atom stereocenters. The molecule has 1 amide bonds. The van der Waals surface area contributed by atoms with Crippen LogP contribution in [0, 0.1) is 0 Å². The first kappa shape index (κ1) is 39.2. The van der Waals surface area contributed by atoms with E-state index in [4.69, 9.17) is 29.0 Å². The van der Waals surface area contributed by atoms with Crippen LogP contribution in [0.4, 0.5) is 11.8 Å². The summed E-state index contributed by atoms with van der Waals surface area (Å²) in [5, 5.41) is 5.46. The van der Waals surface area contributed by atoms with Gasteiger partial charge in [-0.3, -0.25) is 18.7 Å². The largest absolute Gasteiger partial charge is 0.465 e. The number of benzene rings is 1. The van der Waals surface area contributed by atoms with Crippen molar-refractivity contribution in [1.82, 2.24) is 24.6 Å². The maximum Gasteiger partial charge on any atom is 0.459 e. The molecule has 276 valence electrons. The number of ether oxygens (including phenoxy) is 3. The van der Waals surface area contributed by atoms with Crippen molar-refractivity contribution in [3.8, 4) is 5.75 Å². The third-order valence-corrected chi connectivity index (χ3v) is 9.73. The second-order valence-electron chi connectivity index (χ2n) is 12.2. The quantitative estimate of drug-likeness (QED) is 0.0536. The van der Waals surface area contributed by atoms with Crippen LogP contribution in [0.25, 0.3) is 11.2 Å². The third-order valence-electron chi connectivity index (χ3n) is 8.09. The number of amides is 1. The van der Waals surface area contributed by atoms with Crippen molar-refractivity contribution in [2.75, 3.05) is 30.9 Å². The fourth-order valence-corrected chi connectivity index (χ4v) is 6.96. The Labute approximate surface area is 293 Å². The molecule has 0 bridgehead atoms. The topological polar surface area (TPSA) is 191 Å². The number of carbonyl (C=O) groups is 2. The van der Waals surface area contributed by atoms with Gasteiger partial charge >= 0.3 is 13.7 Å². The number of nitrogens with one attached hydrogen (secondary N) is 2. The molecule has 1 unspecified atom stereocenters. The SMILES string of the molecule is CCCCCCCCCCCCCC(=O)Nc1nc(N)nc2c1ncn2[C@H]1CO[C@@H](COP(=O)(N[C@@H](C)C(=O)OCC)Oc2ccccc2)O1. The van der Waals surface area contributed by atoms with Crippen LogP contribution >= 0.6 is 7.75 Å². The number of rotatable bonds is 23. The molecule has 3 heterocycles. The van der Waals surface area contributed by atoms with Gasteiger partial charge in [0.15, 0.2) is 29.5 Å². The van der Waals surface area contributed by atoms with Gasteiger partial charge in [-0.25, -0.2) is 9.55 Å². The van der Waals surface area contributed by atoms with Crippen molar-refractivity contribution in [3.63, 3.8) is 0 Å². The molecule has 0 saturated carbocycles. The van der Waals surface area contributed by atoms with E-state index in [1.807, 2.05) is 0 Å². The number of imidazole rings is 1. The maximum atomic E-state index is 13.7. The lowest BCUT2D eigenvalue weighted by atomic mass is 10.1. The van der Waals surface area contributed by atoms with Gasteiger partial charge in [-0.15, -0.1) is 0 Å². The van der Waals surface area contributed by atoms with Crippen molar-refractivity contribution >= 4 is 42.6 Å². The number of carbonyl (C=O) groups excluding carboxylic acids is 2. The van der Waals surface area contributed by atoms with Crippen LogP contribution in [0.1, 0.15) is 104 Å². The molecule has 3 aromatic rings. The normalized spacial score (nSPS) is 17.7. The predicted molar refractivity (Wildman–Crippen MR) is 189 cm³/mol. The fraction of sp³-hybridized carbons (Fsp3) is 0.618. The first-order chi connectivity index (χ1) is 24.2. The Hall–Kier alpha value is -3.62. The Morgan fingerprint density at radius 3 is 2.38 bits per heavy atom. The molecule has 0 aliphatic carbocycles. The minimum absolute atomic E-state index is 0.0381. The predicted octanol–water partition coefficient (Wildman–Crippen LogP) is 6.66. The lowest BCUT2D eigenvalue weighted by Gasteiger charge is -2.23. The summed E-state index contributed by atoms with van der Waals surface area (Å²) in [4.78, 5) is 38.0. The molecule has 1 aromatic carbocycles. The molecule has 16 heteroatoms. The number of fused-ring (bicyclic) bond motifs is 1. The van der Waals surface area contributed by atoms with Gasteiger partial charge in [0, 0.05) is 6.42 Å². The first-order valence-electron chi connectivity index (χ1n) is 17.7. The summed E-state index contributed by atoms with van der Waals surface area (Å²) >= 11 is 0. The summed E-state index contributed by atoms with van der Waals surface area (Å²) in [5.41, 5.74) is 6.72. The van der Waals surface area contributed by atoms with Crippen molar-refractivity contribution in [3.05, 3.63) is 36.7 Å². The van der Waals surface area contributed by atoms with Crippen molar-refractivity contribution in [1.29, 1.82) is 0 Å². The lowest BCUT2D eigenvalue weighted by molar-refractivity contribution is -0.144. The van der Waals surface area contributed by atoms with Crippen LogP contribution < -0.4 is 20.7 Å². The number of anilines is 2. The van der Waals surface area contributed by atoms with Crippen LogP contribution in [0.15, 0.2) is 36.7 Å². The smallest absolute Gasteiger partial charge is 0.459 e. The number of hydrogen-bond donors (Lipinski definition) is 3. The summed E-state index contributed by atoms with van der Waals surface area (Å²) in [5.74, 6) is -0.322. The Balaban J connectivity index is 1.28. The van der Waals surface area contributed by atoms with Gasteiger partial charge in [0.05, 0.1) is 19.5 Å². The molecule has 15 nitrogen and oxygen atoms in total. The second kappa shape index (κ2) is 20.3. The average Bonchev–Trinajstić information content (AvgIpc) is 3.74. The van der Waals surface area contributed by atoms with Crippen LogP contribution in [-0.2, 0) is 32.9 Å². The molecule has 50 heavy (non-hydrogen) atoms. The highest BCUT2D eigenvalue weighted by Crippen LogP contribution is 2.45. The van der Waals surface area contributed by atoms with Crippen molar-refractivity contribution < 1.29 is 37.4 Å². The molecular weight excluding hydrogens is 665 g/mol. The van der Waals surface area contributed by atoms with Gasteiger partial charge < -0.3 is 29.8 Å². The van der Waals surface area contributed by atoms with Crippen molar-refractivity contribution in [2.24, 2.45) is 0 Å². The maximum absolute atomic E-state index is 13.7. The highest BCUT2D eigenvalue weighted by molar-refractivity contribution is 7.52. The summed E-state index contributed by atoms with van der Waals surface area (Å²) in [7, 11) is -4.10. The van der Waals surface area contributed by atoms with E-state index in [0.717, 1.165) is 19.3 Å². The van der Waals surface area contributed by atoms with Gasteiger partial charge in [0.2, 0.25) is 11.9 Å². The van der Waals surface area contributed by atoms with Gasteiger partial charge in [-0.1, -0.05) is 89.3 Å². The van der Waals surface area contributed by atoms with Gasteiger partial charge in [-0.2, -0.15) is 15.1 Å². The second-order valence-corrected chi connectivity index (χ2v) is 13.9. The first-order valence-corrected chi connectivity index (χ1v) is 19.3. The van der Waals surface area contributed by atoms with E-state index >= 15 is 0 Å². The van der Waals surface area contributed by atoms with Gasteiger partial charge in [0.1, 0.15) is 18.4 Å². The van der Waals surface area contributed by atoms with Crippen LogP contribution in [-0.4, -0.2) is 63.5 Å².